The summed E-state index contributed by atoms with van der Waals surface area (Å²) in [5.41, 5.74) is 0.622. The van der Waals surface area contributed by atoms with Crippen LogP contribution in [0.3, 0.4) is 0 Å². The van der Waals surface area contributed by atoms with Crippen LogP contribution in [-0.2, 0) is 4.79 Å². The maximum atomic E-state index is 12.4. The van der Waals surface area contributed by atoms with Crippen LogP contribution in [0.15, 0.2) is 54.9 Å². The molecule has 124 valence electrons. The maximum absolute atomic E-state index is 12.4. The van der Waals surface area contributed by atoms with Crippen LogP contribution < -0.4 is 4.74 Å². The molecule has 1 aliphatic rings. The third-order valence-electron chi connectivity index (χ3n) is 3.95. The highest BCUT2D eigenvalue weighted by Gasteiger charge is 2.24. The number of aromatic nitrogens is 1. The highest BCUT2D eigenvalue weighted by atomic mass is 16.5. The second-order valence-corrected chi connectivity index (χ2v) is 5.51. The molecule has 0 saturated carbocycles. The molecule has 2 amide bonds. The highest BCUT2D eigenvalue weighted by Crippen LogP contribution is 2.11. The van der Waals surface area contributed by atoms with Crippen molar-refractivity contribution < 1.29 is 14.3 Å². The van der Waals surface area contributed by atoms with E-state index in [0.29, 0.717) is 37.5 Å². The Labute approximate surface area is 140 Å². The molecule has 0 aliphatic carbocycles. The van der Waals surface area contributed by atoms with Gasteiger partial charge in [-0.25, -0.2) is 0 Å². The number of carbonyl (C=O) groups is 2. The van der Waals surface area contributed by atoms with Crippen LogP contribution in [0.2, 0.25) is 0 Å². The van der Waals surface area contributed by atoms with Gasteiger partial charge in [-0.15, -0.1) is 0 Å². The van der Waals surface area contributed by atoms with Crippen molar-refractivity contribution >= 4 is 11.8 Å². The fourth-order valence-corrected chi connectivity index (χ4v) is 2.59. The molecule has 6 heteroatoms. The molecule has 0 atom stereocenters. The lowest BCUT2D eigenvalue weighted by Gasteiger charge is -2.34. The molecule has 1 fully saturated rings. The Hall–Kier alpha value is -2.89. The number of rotatable bonds is 4. The second kappa shape index (κ2) is 7.59. The van der Waals surface area contributed by atoms with Crippen molar-refractivity contribution in [3.8, 4) is 5.75 Å². The van der Waals surface area contributed by atoms with Gasteiger partial charge in [0.05, 0.1) is 0 Å². The molecule has 24 heavy (non-hydrogen) atoms. The van der Waals surface area contributed by atoms with Gasteiger partial charge < -0.3 is 14.5 Å². The Morgan fingerprint density at radius 2 is 1.54 bits per heavy atom. The summed E-state index contributed by atoms with van der Waals surface area (Å²) >= 11 is 0. The van der Waals surface area contributed by atoms with E-state index in [4.69, 9.17) is 4.74 Å². The molecule has 2 heterocycles. The molecule has 0 bridgehead atoms. The van der Waals surface area contributed by atoms with Crippen LogP contribution in [0.25, 0.3) is 0 Å². The first-order chi connectivity index (χ1) is 11.7. The van der Waals surface area contributed by atoms with E-state index < -0.39 is 0 Å². The van der Waals surface area contributed by atoms with Gasteiger partial charge in [0.1, 0.15) is 5.75 Å². The van der Waals surface area contributed by atoms with Crippen LogP contribution >= 0.6 is 0 Å². The zero-order valence-corrected chi connectivity index (χ0v) is 13.3. The number of benzene rings is 1. The monoisotopic (exact) mass is 325 g/mol. The van der Waals surface area contributed by atoms with Gasteiger partial charge in [-0.2, -0.15) is 0 Å². The number of ether oxygens (including phenoxy) is 1. The van der Waals surface area contributed by atoms with Crippen LogP contribution in [-0.4, -0.2) is 59.4 Å². The zero-order valence-electron chi connectivity index (χ0n) is 13.3. The lowest BCUT2D eigenvalue weighted by atomic mass is 10.2. The zero-order chi connectivity index (χ0) is 16.8. The number of amides is 2. The van der Waals surface area contributed by atoms with E-state index in [1.165, 1.54) is 0 Å². The van der Waals surface area contributed by atoms with Crippen LogP contribution in [0.1, 0.15) is 10.4 Å². The Morgan fingerprint density at radius 3 is 2.21 bits per heavy atom. The summed E-state index contributed by atoms with van der Waals surface area (Å²) in [7, 11) is 0. The summed E-state index contributed by atoms with van der Waals surface area (Å²) in [4.78, 5) is 32.0. The summed E-state index contributed by atoms with van der Waals surface area (Å²) in [6, 6.07) is 12.7. The Morgan fingerprint density at radius 1 is 0.917 bits per heavy atom. The number of nitrogens with zero attached hydrogens (tertiary/aromatic N) is 3. The molecule has 3 rings (SSSR count). The van der Waals surface area contributed by atoms with Crippen molar-refractivity contribution in [2.24, 2.45) is 0 Å². The first-order valence-electron chi connectivity index (χ1n) is 7.89. The Bertz CT molecular complexity index is 683. The molecular formula is C18H19N3O3. The lowest BCUT2D eigenvalue weighted by Crippen LogP contribution is -2.51. The van der Waals surface area contributed by atoms with Crippen molar-refractivity contribution in [2.75, 3.05) is 32.8 Å². The van der Waals surface area contributed by atoms with E-state index in [2.05, 4.69) is 4.98 Å². The quantitative estimate of drug-likeness (QED) is 0.853. The van der Waals surface area contributed by atoms with Crippen molar-refractivity contribution in [3.05, 3.63) is 60.4 Å². The number of piperazine rings is 1. The average Bonchev–Trinajstić information content (AvgIpc) is 2.67. The van der Waals surface area contributed by atoms with Crippen molar-refractivity contribution in [2.45, 2.75) is 0 Å². The first kappa shape index (κ1) is 16.0. The van der Waals surface area contributed by atoms with E-state index in [1.54, 1.807) is 34.3 Å². The van der Waals surface area contributed by atoms with E-state index in [0.717, 1.165) is 0 Å². The third kappa shape index (κ3) is 3.90. The minimum atomic E-state index is -0.0603. The van der Waals surface area contributed by atoms with Crippen LogP contribution in [0, 0.1) is 0 Å². The SMILES string of the molecule is O=C(COc1ccccc1)N1CCN(C(=O)c2ccncc2)CC1. The predicted octanol–water partition coefficient (Wildman–Crippen LogP) is 1.45. The lowest BCUT2D eigenvalue weighted by molar-refractivity contribution is -0.134. The standard InChI is InChI=1S/C18H19N3O3/c22-17(14-24-16-4-2-1-3-5-16)20-10-12-21(13-11-20)18(23)15-6-8-19-9-7-15/h1-9H,10-14H2. The van der Waals surface area contributed by atoms with Gasteiger partial charge in [0.25, 0.3) is 11.8 Å². The van der Waals surface area contributed by atoms with Crippen molar-refractivity contribution in [1.82, 2.24) is 14.8 Å². The van der Waals surface area contributed by atoms with Gasteiger partial charge in [-0.1, -0.05) is 18.2 Å². The van der Waals surface area contributed by atoms with Gasteiger partial charge in [0, 0.05) is 44.1 Å². The number of pyridine rings is 1. The summed E-state index contributed by atoms with van der Waals surface area (Å²) in [6.45, 7) is 2.11. The molecule has 1 saturated heterocycles. The largest absolute Gasteiger partial charge is 0.484 e. The minimum Gasteiger partial charge on any atom is -0.484 e. The second-order valence-electron chi connectivity index (χ2n) is 5.51. The van der Waals surface area contributed by atoms with Gasteiger partial charge in [0.15, 0.2) is 6.61 Å². The number of hydrogen-bond acceptors (Lipinski definition) is 4. The maximum Gasteiger partial charge on any atom is 0.260 e. The summed E-state index contributed by atoms with van der Waals surface area (Å²) in [6.07, 6.45) is 3.21. The van der Waals surface area contributed by atoms with Gasteiger partial charge in [-0.3, -0.25) is 14.6 Å². The van der Waals surface area contributed by atoms with Crippen LogP contribution in [0.4, 0.5) is 0 Å². The predicted molar refractivity (Wildman–Crippen MR) is 88.7 cm³/mol. The van der Waals surface area contributed by atoms with Gasteiger partial charge in [0.2, 0.25) is 0 Å². The van der Waals surface area contributed by atoms with Crippen molar-refractivity contribution in [3.63, 3.8) is 0 Å². The Kier molecular flexibility index (Phi) is 5.05. The molecule has 1 aromatic heterocycles. The molecule has 1 aliphatic heterocycles. The summed E-state index contributed by atoms with van der Waals surface area (Å²) < 4.78 is 5.49. The average molecular weight is 325 g/mol. The first-order valence-corrected chi connectivity index (χ1v) is 7.89. The Balaban J connectivity index is 1.48. The highest BCUT2D eigenvalue weighted by molar-refractivity contribution is 5.94. The van der Waals surface area contributed by atoms with Crippen LogP contribution in [0.5, 0.6) is 5.75 Å². The van der Waals surface area contributed by atoms with E-state index in [9.17, 15) is 9.59 Å². The van der Waals surface area contributed by atoms with Gasteiger partial charge >= 0.3 is 0 Å². The van der Waals surface area contributed by atoms with Crippen molar-refractivity contribution in [1.29, 1.82) is 0 Å². The topological polar surface area (TPSA) is 62.7 Å². The minimum absolute atomic E-state index is 0.0162. The molecule has 0 radical (unpaired) electrons. The van der Waals surface area contributed by atoms with E-state index in [-0.39, 0.29) is 18.4 Å². The summed E-state index contributed by atoms with van der Waals surface area (Å²) in [5, 5.41) is 0. The molecule has 6 nitrogen and oxygen atoms in total. The van der Waals surface area contributed by atoms with Gasteiger partial charge in [-0.05, 0) is 24.3 Å². The fraction of sp³-hybridized carbons (Fsp3) is 0.278. The fourth-order valence-electron chi connectivity index (χ4n) is 2.59. The molecular weight excluding hydrogens is 306 g/mol. The molecule has 2 aromatic rings. The van der Waals surface area contributed by atoms with E-state index in [1.807, 2.05) is 30.3 Å². The summed E-state index contributed by atoms with van der Waals surface area (Å²) in [5.74, 6) is 0.595. The van der Waals surface area contributed by atoms with E-state index >= 15 is 0 Å². The smallest absolute Gasteiger partial charge is 0.260 e. The molecule has 0 spiro atoms. The number of para-hydroxylation sites is 1. The third-order valence-corrected chi connectivity index (χ3v) is 3.95. The molecule has 1 aromatic carbocycles. The molecule has 0 N–H and O–H groups in total. The molecule has 0 unspecified atom stereocenters. The number of carbonyl (C=O) groups excluding carboxylic acids is 2. The number of hydrogen-bond donors (Lipinski definition) is 0. The normalized spacial score (nSPS) is 14.3.